The summed E-state index contributed by atoms with van der Waals surface area (Å²) in [6.07, 6.45) is 11.8. The largest absolute Gasteiger partial charge is 0.271 e. The molecule has 3 N–H and O–H groups in total. The SMILES string of the molecule is CC#CCCC(NN)C1CCC(CCCC)CC1. The van der Waals surface area contributed by atoms with Crippen molar-refractivity contribution in [2.75, 3.05) is 0 Å². The first kappa shape index (κ1) is 15.5. The number of hydrazine groups is 1. The Morgan fingerprint density at radius 3 is 2.56 bits per heavy atom. The van der Waals surface area contributed by atoms with Gasteiger partial charge in [0.25, 0.3) is 0 Å². The highest BCUT2D eigenvalue weighted by Gasteiger charge is 2.26. The molecule has 1 aliphatic carbocycles. The van der Waals surface area contributed by atoms with Crippen molar-refractivity contribution >= 4 is 0 Å². The topological polar surface area (TPSA) is 38.0 Å². The second-order valence-electron chi connectivity index (χ2n) is 5.66. The molecular weight excluding hydrogens is 220 g/mol. The van der Waals surface area contributed by atoms with E-state index in [9.17, 15) is 0 Å². The molecule has 2 nitrogen and oxygen atoms in total. The van der Waals surface area contributed by atoms with Crippen molar-refractivity contribution in [1.29, 1.82) is 0 Å². The third kappa shape index (κ3) is 5.42. The Kier molecular flexibility index (Phi) is 8.13. The highest BCUT2D eigenvalue weighted by atomic mass is 15.2. The fourth-order valence-electron chi connectivity index (χ4n) is 3.18. The van der Waals surface area contributed by atoms with Crippen molar-refractivity contribution < 1.29 is 0 Å². The van der Waals surface area contributed by atoms with E-state index in [-0.39, 0.29) is 0 Å². The van der Waals surface area contributed by atoms with Gasteiger partial charge in [-0.2, -0.15) is 0 Å². The lowest BCUT2D eigenvalue weighted by molar-refractivity contribution is 0.207. The zero-order valence-corrected chi connectivity index (χ0v) is 12.2. The van der Waals surface area contributed by atoms with Crippen molar-refractivity contribution in [2.24, 2.45) is 17.7 Å². The van der Waals surface area contributed by atoms with E-state index in [0.717, 1.165) is 24.7 Å². The Labute approximate surface area is 113 Å². The molecule has 0 aromatic rings. The van der Waals surface area contributed by atoms with E-state index in [1.165, 1.54) is 44.9 Å². The van der Waals surface area contributed by atoms with Gasteiger partial charge in [0.1, 0.15) is 0 Å². The van der Waals surface area contributed by atoms with E-state index >= 15 is 0 Å². The van der Waals surface area contributed by atoms with Gasteiger partial charge in [-0.1, -0.05) is 39.0 Å². The second-order valence-corrected chi connectivity index (χ2v) is 5.66. The van der Waals surface area contributed by atoms with Crippen LogP contribution in [0.5, 0.6) is 0 Å². The first-order valence-corrected chi connectivity index (χ1v) is 7.67. The Hall–Kier alpha value is -0.520. The molecule has 1 unspecified atom stereocenters. The van der Waals surface area contributed by atoms with Gasteiger partial charge in [-0.3, -0.25) is 11.3 Å². The molecule has 2 heteroatoms. The number of nitrogens with two attached hydrogens (primary N) is 1. The van der Waals surface area contributed by atoms with Gasteiger partial charge in [-0.05, 0) is 38.0 Å². The van der Waals surface area contributed by atoms with E-state index in [4.69, 9.17) is 5.84 Å². The third-order valence-corrected chi connectivity index (χ3v) is 4.40. The molecule has 0 spiro atoms. The number of rotatable bonds is 7. The van der Waals surface area contributed by atoms with Crippen LogP contribution in [0, 0.1) is 23.7 Å². The lowest BCUT2D eigenvalue weighted by atomic mass is 9.76. The van der Waals surface area contributed by atoms with Crippen LogP contribution < -0.4 is 11.3 Å². The molecule has 0 amide bonds. The standard InChI is InChI=1S/C16H30N2/c1-3-5-7-9-16(18-17)15-12-10-14(11-13-15)8-6-4-2/h14-16,18H,4,6-13,17H2,1-2H3. The van der Waals surface area contributed by atoms with Crippen LogP contribution in [0.15, 0.2) is 0 Å². The summed E-state index contributed by atoms with van der Waals surface area (Å²) in [5.41, 5.74) is 3.02. The summed E-state index contributed by atoms with van der Waals surface area (Å²) >= 11 is 0. The van der Waals surface area contributed by atoms with Crippen molar-refractivity contribution in [3.05, 3.63) is 0 Å². The molecule has 0 aromatic heterocycles. The molecule has 18 heavy (non-hydrogen) atoms. The van der Waals surface area contributed by atoms with Gasteiger partial charge in [0, 0.05) is 12.5 Å². The van der Waals surface area contributed by atoms with Crippen molar-refractivity contribution in [1.82, 2.24) is 5.43 Å². The van der Waals surface area contributed by atoms with E-state index in [2.05, 4.69) is 24.2 Å². The zero-order valence-electron chi connectivity index (χ0n) is 12.2. The van der Waals surface area contributed by atoms with E-state index in [1.807, 2.05) is 6.92 Å². The van der Waals surface area contributed by atoms with Gasteiger partial charge in [0.15, 0.2) is 0 Å². The van der Waals surface area contributed by atoms with Crippen LogP contribution in [0.2, 0.25) is 0 Å². The summed E-state index contributed by atoms with van der Waals surface area (Å²) in [6, 6.07) is 0.470. The summed E-state index contributed by atoms with van der Waals surface area (Å²) in [6.45, 7) is 4.19. The minimum atomic E-state index is 0.470. The van der Waals surface area contributed by atoms with Crippen LogP contribution >= 0.6 is 0 Å². The lowest BCUT2D eigenvalue weighted by Gasteiger charge is -2.33. The first-order chi connectivity index (χ1) is 8.81. The third-order valence-electron chi connectivity index (χ3n) is 4.40. The molecule has 0 heterocycles. The number of hydrogen-bond donors (Lipinski definition) is 2. The summed E-state index contributed by atoms with van der Waals surface area (Å²) < 4.78 is 0. The minimum Gasteiger partial charge on any atom is -0.271 e. The molecule has 0 radical (unpaired) electrons. The quantitative estimate of drug-likeness (QED) is 0.411. The molecule has 1 rings (SSSR count). The Morgan fingerprint density at radius 1 is 1.28 bits per heavy atom. The van der Waals surface area contributed by atoms with Crippen molar-refractivity contribution in [2.45, 2.75) is 77.7 Å². The molecule has 0 aliphatic heterocycles. The molecule has 1 atom stereocenters. The van der Waals surface area contributed by atoms with Crippen LogP contribution in [-0.2, 0) is 0 Å². The molecule has 0 aromatic carbocycles. The maximum Gasteiger partial charge on any atom is 0.0247 e. The number of hydrogen-bond acceptors (Lipinski definition) is 2. The average molecular weight is 250 g/mol. The van der Waals surface area contributed by atoms with Gasteiger partial charge in [0.2, 0.25) is 0 Å². The summed E-state index contributed by atoms with van der Waals surface area (Å²) in [7, 11) is 0. The van der Waals surface area contributed by atoms with Crippen molar-refractivity contribution in [3.8, 4) is 11.8 Å². The summed E-state index contributed by atoms with van der Waals surface area (Å²) in [4.78, 5) is 0. The molecule has 0 bridgehead atoms. The molecular formula is C16H30N2. The number of unbranched alkanes of at least 4 members (excludes halogenated alkanes) is 1. The summed E-state index contributed by atoms with van der Waals surface area (Å²) in [5.74, 6) is 13.6. The highest BCUT2D eigenvalue weighted by Crippen LogP contribution is 2.34. The van der Waals surface area contributed by atoms with E-state index in [1.54, 1.807) is 0 Å². The molecule has 0 saturated heterocycles. The van der Waals surface area contributed by atoms with Crippen LogP contribution in [0.1, 0.15) is 71.6 Å². The number of nitrogens with one attached hydrogen (secondary N) is 1. The molecule has 1 fully saturated rings. The van der Waals surface area contributed by atoms with Gasteiger partial charge in [-0.15, -0.1) is 11.8 Å². The Balaban J connectivity index is 2.27. The molecule has 1 saturated carbocycles. The molecule has 104 valence electrons. The maximum absolute atomic E-state index is 5.70. The van der Waals surface area contributed by atoms with Crippen LogP contribution in [0.25, 0.3) is 0 Å². The van der Waals surface area contributed by atoms with Gasteiger partial charge in [0.05, 0.1) is 0 Å². The fraction of sp³-hybridized carbons (Fsp3) is 0.875. The fourth-order valence-corrected chi connectivity index (χ4v) is 3.18. The van der Waals surface area contributed by atoms with Crippen LogP contribution in [0.3, 0.4) is 0 Å². The van der Waals surface area contributed by atoms with Gasteiger partial charge >= 0.3 is 0 Å². The van der Waals surface area contributed by atoms with Crippen LogP contribution in [0.4, 0.5) is 0 Å². The van der Waals surface area contributed by atoms with Crippen LogP contribution in [-0.4, -0.2) is 6.04 Å². The second kappa shape index (κ2) is 9.42. The molecule has 1 aliphatic rings. The highest BCUT2D eigenvalue weighted by molar-refractivity contribution is 4.96. The Morgan fingerprint density at radius 2 is 2.00 bits per heavy atom. The monoisotopic (exact) mass is 250 g/mol. The predicted molar refractivity (Wildman–Crippen MR) is 78.8 cm³/mol. The maximum atomic E-state index is 5.70. The zero-order chi connectivity index (χ0) is 13.2. The average Bonchev–Trinajstić information content (AvgIpc) is 2.42. The van der Waals surface area contributed by atoms with Gasteiger partial charge in [-0.25, -0.2) is 0 Å². The van der Waals surface area contributed by atoms with E-state index < -0.39 is 0 Å². The van der Waals surface area contributed by atoms with Gasteiger partial charge < -0.3 is 0 Å². The van der Waals surface area contributed by atoms with E-state index in [0.29, 0.717) is 6.04 Å². The smallest absolute Gasteiger partial charge is 0.0247 e. The first-order valence-electron chi connectivity index (χ1n) is 7.67. The minimum absolute atomic E-state index is 0.470. The van der Waals surface area contributed by atoms with Crippen molar-refractivity contribution in [3.63, 3.8) is 0 Å². The normalized spacial score (nSPS) is 25.3. The lowest BCUT2D eigenvalue weighted by Crippen LogP contribution is -2.42. The predicted octanol–water partition coefficient (Wildman–Crippen LogP) is 3.62. The summed E-state index contributed by atoms with van der Waals surface area (Å²) in [5, 5.41) is 0. The Bertz CT molecular complexity index is 256.